The second-order valence-electron chi connectivity index (χ2n) is 1.93. The fourth-order valence-corrected chi connectivity index (χ4v) is 0.570. The van der Waals surface area contributed by atoms with Gasteiger partial charge in [0.05, 0.1) is 0 Å². The highest BCUT2D eigenvalue weighted by Gasteiger charge is 2.09. The maximum absolute atomic E-state index is 10.7. The zero-order valence-corrected chi connectivity index (χ0v) is 6.81. The van der Waals surface area contributed by atoms with E-state index in [0.29, 0.717) is 13.1 Å². The van der Waals surface area contributed by atoms with Crippen LogP contribution >= 0.6 is 0 Å². The monoisotopic (exact) mass is 155 g/mol. The van der Waals surface area contributed by atoms with Gasteiger partial charge in [0.1, 0.15) is 0 Å². The highest BCUT2D eigenvalue weighted by Crippen LogP contribution is 1.71. The lowest BCUT2D eigenvalue weighted by Crippen LogP contribution is -2.37. The smallest absolute Gasteiger partial charge is 0.350 e. The number of carbonyl (C=O) groups is 2. The fourth-order valence-electron chi connectivity index (χ4n) is 0.570. The van der Waals surface area contributed by atoms with Gasteiger partial charge in [-0.05, 0) is 13.8 Å². The van der Waals surface area contributed by atoms with E-state index in [1.54, 1.807) is 13.8 Å². The van der Waals surface area contributed by atoms with Gasteiger partial charge in [0.25, 0.3) is 0 Å². The molecule has 11 heavy (non-hydrogen) atoms. The molecule has 0 fully saturated rings. The van der Waals surface area contributed by atoms with E-state index < -0.39 is 0 Å². The van der Waals surface area contributed by atoms with Crippen molar-refractivity contribution in [3.63, 3.8) is 0 Å². The second-order valence-corrected chi connectivity index (χ2v) is 1.93. The van der Waals surface area contributed by atoms with Crippen LogP contribution in [0.1, 0.15) is 13.8 Å². The van der Waals surface area contributed by atoms with Gasteiger partial charge in [0.2, 0.25) is 0 Å². The van der Waals surface area contributed by atoms with E-state index in [1.807, 2.05) is 0 Å². The third-order valence-electron chi connectivity index (χ3n) is 0.964. The summed E-state index contributed by atoms with van der Waals surface area (Å²) in [6.07, 6.45) is 0. The molecule has 1 radical (unpaired) electrons. The largest absolute Gasteiger partial charge is 0.365 e. The molecule has 0 bridgehead atoms. The summed E-state index contributed by atoms with van der Waals surface area (Å²) in [4.78, 5) is 21.4. The lowest BCUT2D eigenvalue weighted by Gasteiger charge is -2.00. The van der Waals surface area contributed by atoms with Crippen molar-refractivity contribution in [3.8, 4) is 0 Å². The van der Waals surface area contributed by atoms with Crippen molar-refractivity contribution in [2.45, 2.75) is 13.8 Å². The Morgan fingerprint density at radius 1 is 1.09 bits per heavy atom. The van der Waals surface area contributed by atoms with E-state index in [0.717, 1.165) is 7.28 Å². The molecule has 0 saturated carbocycles. The Morgan fingerprint density at radius 3 is 1.73 bits per heavy atom. The Bertz CT molecular complexity index is 134. The van der Waals surface area contributed by atoms with Crippen LogP contribution in [0.4, 0.5) is 9.59 Å². The summed E-state index contributed by atoms with van der Waals surface area (Å²) < 4.78 is 0. The Balaban J connectivity index is 3.49. The molecule has 0 heterocycles. The first-order chi connectivity index (χ1) is 5.20. The van der Waals surface area contributed by atoms with Gasteiger partial charge in [-0.2, -0.15) is 0 Å². The van der Waals surface area contributed by atoms with Gasteiger partial charge < -0.3 is 10.6 Å². The van der Waals surface area contributed by atoms with Crippen LogP contribution in [0, 0.1) is 0 Å². The SMILES string of the molecule is CCNC(=O)[B]C(=O)NCC. The van der Waals surface area contributed by atoms with Gasteiger partial charge in [-0.15, -0.1) is 0 Å². The molecule has 5 heteroatoms. The van der Waals surface area contributed by atoms with Crippen LogP contribution in [-0.4, -0.2) is 32.0 Å². The van der Waals surface area contributed by atoms with Crippen molar-refractivity contribution in [1.82, 2.24) is 10.6 Å². The number of rotatable bonds is 4. The minimum Gasteiger partial charge on any atom is -0.365 e. The zero-order valence-electron chi connectivity index (χ0n) is 6.81. The third-order valence-corrected chi connectivity index (χ3v) is 0.964. The number of nitrogens with one attached hydrogen (secondary N) is 2. The quantitative estimate of drug-likeness (QED) is 0.567. The van der Waals surface area contributed by atoms with Gasteiger partial charge in [0.15, 0.2) is 11.6 Å². The average Bonchev–Trinajstić information content (AvgIpc) is 1.87. The van der Waals surface area contributed by atoms with E-state index in [9.17, 15) is 9.59 Å². The molecule has 2 amide bonds. The van der Waals surface area contributed by atoms with Crippen molar-refractivity contribution < 1.29 is 9.59 Å². The average molecular weight is 155 g/mol. The lowest BCUT2D eigenvalue weighted by molar-refractivity contribution is 0.255. The highest BCUT2D eigenvalue weighted by molar-refractivity contribution is 6.96. The van der Waals surface area contributed by atoms with Gasteiger partial charge >= 0.3 is 7.28 Å². The molecule has 0 aliphatic heterocycles. The highest BCUT2D eigenvalue weighted by atomic mass is 16.2. The van der Waals surface area contributed by atoms with Gasteiger partial charge in [-0.25, -0.2) is 0 Å². The van der Waals surface area contributed by atoms with E-state index in [4.69, 9.17) is 0 Å². The number of amides is 2. The van der Waals surface area contributed by atoms with Gasteiger partial charge in [0, 0.05) is 13.1 Å². The van der Waals surface area contributed by atoms with Crippen LogP contribution < -0.4 is 10.6 Å². The molecule has 0 aromatic carbocycles. The van der Waals surface area contributed by atoms with Crippen molar-refractivity contribution in [2.24, 2.45) is 0 Å². The lowest BCUT2D eigenvalue weighted by atomic mass is 9.76. The van der Waals surface area contributed by atoms with E-state index in [1.165, 1.54) is 0 Å². The van der Waals surface area contributed by atoms with Crippen LogP contribution in [0.15, 0.2) is 0 Å². The van der Waals surface area contributed by atoms with E-state index in [2.05, 4.69) is 10.6 Å². The number of carbonyl (C=O) groups excluding carboxylic acids is 2. The first-order valence-corrected chi connectivity index (χ1v) is 3.61. The Kier molecular flexibility index (Phi) is 5.24. The van der Waals surface area contributed by atoms with Gasteiger partial charge in [-0.3, -0.25) is 9.59 Å². The molecule has 0 aliphatic rings. The molecule has 0 rings (SSSR count). The third kappa shape index (κ3) is 5.45. The molecule has 0 aliphatic carbocycles. The van der Waals surface area contributed by atoms with Crippen LogP contribution in [0.2, 0.25) is 0 Å². The molecule has 0 unspecified atom stereocenters. The van der Waals surface area contributed by atoms with E-state index >= 15 is 0 Å². The molecule has 0 aromatic rings. The van der Waals surface area contributed by atoms with Crippen molar-refractivity contribution >= 4 is 18.9 Å². The van der Waals surface area contributed by atoms with Crippen molar-refractivity contribution in [3.05, 3.63) is 0 Å². The molecule has 2 N–H and O–H groups in total. The number of hydrogen-bond donors (Lipinski definition) is 2. The summed E-state index contributed by atoms with van der Waals surface area (Å²) in [5.41, 5.74) is 0. The van der Waals surface area contributed by atoms with Crippen molar-refractivity contribution in [2.75, 3.05) is 13.1 Å². The summed E-state index contributed by atoms with van der Waals surface area (Å²) >= 11 is 0. The summed E-state index contributed by atoms with van der Waals surface area (Å²) in [5, 5.41) is 4.96. The predicted molar refractivity (Wildman–Crippen MR) is 43.9 cm³/mol. The first-order valence-electron chi connectivity index (χ1n) is 3.61. The molecule has 0 aromatic heterocycles. The molecular formula is C6H12BN2O2. The standard InChI is InChI=1S/C6H12BN2O2/c1-3-8-5(10)7-6(11)9-4-2/h3-4H2,1-2H3,(H,8,10)(H,9,11). The maximum Gasteiger partial charge on any atom is 0.350 e. The molecule has 0 atom stereocenters. The second kappa shape index (κ2) is 5.76. The van der Waals surface area contributed by atoms with E-state index in [-0.39, 0.29) is 11.6 Å². The first kappa shape index (κ1) is 10.0. The van der Waals surface area contributed by atoms with Crippen LogP contribution in [0.3, 0.4) is 0 Å². The van der Waals surface area contributed by atoms with Crippen LogP contribution in [0.25, 0.3) is 0 Å². The summed E-state index contributed by atoms with van der Waals surface area (Å²) in [7, 11) is 1.01. The van der Waals surface area contributed by atoms with Crippen LogP contribution in [-0.2, 0) is 0 Å². The zero-order chi connectivity index (χ0) is 8.69. The Hall–Kier alpha value is -0.995. The summed E-state index contributed by atoms with van der Waals surface area (Å²) in [6.45, 7) is 4.66. The molecule has 4 nitrogen and oxygen atoms in total. The fraction of sp³-hybridized carbons (Fsp3) is 0.667. The summed E-state index contributed by atoms with van der Waals surface area (Å²) in [5.74, 6) is -0.697. The minimum atomic E-state index is -0.349. The predicted octanol–water partition coefficient (Wildman–Crippen LogP) is 0.150. The minimum absolute atomic E-state index is 0.349. The van der Waals surface area contributed by atoms with Gasteiger partial charge in [-0.1, -0.05) is 0 Å². The normalized spacial score (nSPS) is 8.55. The molecule has 0 spiro atoms. The molecule has 61 valence electrons. The van der Waals surface area contributed by atoms with Crippen molar-refractivity contribution in [1.29, 1.82) is 0 Å². The number of hydrogen-bond acceptors (Lipinski definition) is 2. The van der Waals surface area contributed by atoms with Crippen LogP contribution in [0.5, 0.6) is 0 Å². The molecular weight excluding hydrogens is 143 g/mol. The maximum atomic E-state index is 10.7. The Labute approximate surface area is 67.0 Å². The molecule has 0 saturated heterocycles. The Morgan fingerprint density at radius 2 is 1.45 bits per heavy atom. The topological polar surface area (TPSA) is 58.2 Å². The summed E-state index contributed by atoms with van der Waals surface area (Å²) in [6, 6.07) is 0.